The maximum atomic E-state index is 5.27. The van der Waals surface area contributed by atoms with Crippen molar-refractivity contribution in [2.24, 2.45) is 4.99 Å². The number of ether oxygens (including phenoxy) is 1. The van der Waals surface area contributed by atoms with Crippen LogP contribution in [0.1, 0.15) is 49.0 Å². The van der Waals surface area contributed by atoms with Crippen molar-refractivity contribution in [1.82, 2.24) is 20.5 Å². The molecule has 0 radical (unpaired) electrons. The fourth-order valence-corrected chi connectivity index (χ4v) is 3.65. The zero-order valence-corrected chi connectivity index (χ0v) is 18.6. The minimum atomic E-state index is 0.224. The smallest absolute Gasteiger partial charge is 0.191 e. The first-order valence-corrected chi connectivity index (χ1v) is 10.6. The van der Waals surface area contributed by atoms with Gasteiger partial charge in [0, 0.05) is 18.5 Å². The number of hydrogen-bond acceptors (Lipinski definition) is 5. The maximum Gasteiger partial charge on any atom is 0.191 e. The minimum Gasteiger partial charge on any atom is -0.497 e. The number of thiazole rings is 1. The number of methoxy groups -OCH3 is 1. The molecule has 0 aliphatic carbocycles. The molecule has 2 aromatic rings. The largest absolute Gasteiger partial charge is 0.497 e. The first-order valence-electron chi connectivity index (χ1n) is 9.71. The van der Waals surface area contributed by atoms with Gasteiger partial charge >= 0.3 is 0 Å². The molecular formula is C21H33N5OS. The fraction of sp³-hybridized carbons (Fsp3) is 0.524. The zero-order chi connectivity index (χ0) is 20.5. The number of aromatic nitrogens is 1. The Morgan fingerprint density at radius 3 is 2.46 bits per heavy atom. The van der Waals surface area contributed by atoms with E-state index in [9.17, 15) is 0 Å². The molecule has 6 nitrogen and oxygen atoms in total. The van der Waals surface area contributed by atoms with Gasteiger partial charge < -0.3 is 20.3 Å². The number of rotatable bonds is 9. The Labute approximate surface area is 173 Å². The molecule has 2 N–H and O–H groups in total. The Morgan fingerprint density at radius 2 is 1.93 bits per heavy atom. The summed E-state index contributed by atoms with van der Waals surface area (Å²) in [7, 11) is 5.86. The summed E-state index contributed by atoms with van der Waals surface area (Å²) in [6.45, 7) is 8.55. The van der Waals surface area contributed by atoms with Crippen molar-refractivity contribution in [3.8, 4) is 5.75 Å². The average molecular weight is 404 g/mol. The van der Waals surface area contributed by atoms with Crippen molar-refractivity contribution < 1.29 is 4.74 Å². The molecule has 0 spiro atoms. The van der Waals surface area contributed by atoms with Gasteiger partial charge in [-0.1, -0.05) is 26.0 Å². The number of likely N-dealkylation sites (N-methyl/N-ethyl adjacent to an activating group) is 1. The molecule has 28 heavy (non-hydrogen) atoms. The summed E-state index contributed by atoms with van der Waals surface area (Å²) >= 11 is 1.67. The molecule has 0 fully saturated rings. The van der Waals surface area contributed by atoms with Crippen LogP contribution in [0.15, 0.2) is 34.6 Å². The first kappa shape index (κ1) is 22.2. The van der Waals surface area contributed by atoms with E-state index in [4.69, 9.17) is 9.73 Å². The van der Waals surface area contributed by atoms with Crippen molar-refractivity contribution in [3.63, 3.8) is 0 Å². The highest BCUT2D eigenvalue weighted by Gasteiger charge is 2.15. The second kappa shape index (κ2) is 11.0. The van der Waals surface area contributed by atoms with Gasteiger partial charge in [0.2, 0.25) is 0 Å². The van der Waals surface area contributed by atoms with Crippen LogP contribution < -0.4 is 15.4 Å². The average Bonchev–Trinajstić information content (AvgIpc) is 3.16. The summed E-state index contributed by atoms with van der Waals surface area (Å²) in [5, 5.41) is 9.96. The van der Waals surface area contributed by atoms with Crippen LogP contribution in [-0.4, -0.2) is 50.1 Å². The van der Waals surface area contributed by atoms with Crippen molar-refractivity contribution >= 4 is 17.3 Å². The van der Waals surface area contributed by atoms with Crippen LogP contribution in [0.2, 0.25) is 0 Å². The Morgan fingerprint density at radius 1 is 1.21 bits per heavy atom. The zero-order valence-electron chi connectivity index (χ0n) is 17.8. The molecule has 2 rings (SSSR count). The van der Waals surface area contributed by atoms with Gasteiger partial charge in [-0.3, -0.25) is 0 Å². The van der Waals surface area contributed by atoms with Crippen LogP contribution >= 0.6 is 11.3 Å². The first-order chi connectivity index (χ1) is 13.4. The molecule has 1 heterocycles. The van der Waals surface area contributed by atoms with Gasteiger partial charge in [0.05, 0.1) is 25.4 Å². The lowest BCUT2D eigenvalue weighted by atomic mass is 10.1. The van der Waals surface area contributed by atoms with Crippen LogP contribution in [0.5, 0.6) is 5.75 Å². The summed E-state index contributed by atoms with van der Waals surface area (Å²) in [4.78, 5) is 11.6. The van der Waals surface area contributed by atoms with Gasteiger partial charge in [-0.05, 0) is 44.6 Å². The van der Waals surface area contributed by atoms with E-state index in [-0.39, 0.29) is 6.04 Å². The molecule has 1 atom stereocenters. The maximum absolute atomic E-state index is 5.27. The van der Waals surface area contributed by atoms with Gasteiger partial charge in [-0.2, -0.15) is 0 Å². The molecule has 1 aromatic heterocycles. The molecule has 7 heteroatoms. The van der Waals surface area contributed by atoms with E-state index >= 15 is 0 Å². The van der Waals surface area contributed by atoms with Crippen LogP contribution in [0, 0.1) is 0 Å². The molecule has 0 amide bonds. The molecular weight excluding hydrogens is 370 g/mol. The summed E-state index contributed by atoms with van der Waals surface area (Å²) in [5.41, 5.74) is 2.37. The van der Waals surface area contributed by atoms with Gasteiger partial charge in [0.25, 0.3) is 0 Å². The quantitative estimate of drug-likeness (QED) is 0.494. The van der Waals surface area contributed by atoms with Crippen LogP contribution in [0.25, 0.3) is 0 Å². The molecule has 1 unspecified atom stereocenters. The van der Waals surface area contributed by atoms with E-state index in [0.717, 1.165) is 35.5 Å². The molecule has 0 saturated carbocycles. The summed E-state index contributed by atoms with van der Waals surface area (Å²) in [5.74, 6) is 2.13. The third-order valence-electron chi connectivity index (χ3n) is 4.46. The molecule has 1 aromatic carbocycles. The number of nitrogens with one attached hydrogen (secondary N) is 2. The van der Waals surface area contributed by atoms with Crippen LogP contribution in [0.4, 0.5) is 0 Å². The normalized spacial score (nSPS) is 13.1. The predicted molar refractivity (Wildman–Crippen MR) is 118 cm³/mol. The van der Waals surface area contributed by atoms with Crippen LogP contribution in [0.3, 0.4) is 0 Å². The molecule has 0 aliphatic heterocycles. The van der Waals surface area contributed by atoms with Gasteiger partial charge in [0.1, 0.15) is 10.8 Å². The van der Waals surface area contributed by atoms with E-state index < -0.39 is 0 Å². The minimum absolute atomic E-state index is 0.224. The summed E-state index contributed by atoms with van der Waals surface area (Å²) < 4.78 is 5.27. The topological polar surface area (TPSA) is 61.8 Å². The Bertz CT molecular complexity index is 740. The Balaban J connectivity index is 2.03. The Hall–Kier alpha value is -2.12. The van der Waals surface area contributed by atoms with Crippen LogP contribution in [-0.2, 0) is 6.54 Å². The highest BCUT2D eigenvalue weighted by atomic mass is 32.1. The van der Waals surface area contributed by atoms with E-state index in [1.807, 2.05) is 12.1 Å². The van der Waals surface area contributed by atoms with E-state index in [1.54, 1.807) is 18.4 Å². The van der Waals surface area contributed by atoms with Crippen molar-refractivity contribution in [3.05, 3.63) is 45.9 Å². The second-order valence-corrected chi connectivity index (χ2v) is 8.09. The number of hydrogen-bond donors (Lipinski definition) is 2. The lowest BCUT2D eigenvalue weighted by molar-refractivity contribution is 0.298. The van der Waals surface area contributed by atoms with E-state index in [2.05, 4.69) is 72.9 Å². The molecule has 0 bridgehead atoms. The van der Waals surface area contributed by atoms with E-state index in [1.165, 1.54) is 5.56 Å². The highest BCUT2D eigenvalue weighted by molar-refractivity contribution is 7.09. The van der Waals surface area contributed by atoms with Crippen molar-refractivity contribution in [2.75, 3.05) is 34.3 Å². The fourth-order valence-electron chi connectivity index (χ4n) is 2.77. The van der Waals surface area contributed by atoms with Gasteiger partial charge in [-0.25, -0.2) is 9.98 Å². The van der Waals surface area contributed by atoms with Gasteiger partial charge in [0.15, 0.2) is 5.96 Å². The Kier molecular flexibility index (Phi) is 8.73. The highest BCUT2D eigenvalue weighted by Crippen LogP contribution is 2.21. The van der Waals surface area contributed by atoms with E-state index in [0.29, 0.717) is 12.5 Å². The lowest BCUT2D eigenvalue weighted by Gasteiger charge is -2.26. The monoisotopic (exact) mass is 403 g/mol. The predicted octanol–water partition coefficient (Wildman–Crippen LogP) is 3.63. The summed E-state index contributed by atoms with van der Waals surface area (Å²) in [6.07, 6.45) is 0. The third-order valence-corrected chi connectivity index (χ3v) is 5.32. The second-order valence-electron chi connectivity index (χ2n) is 7.15. The number of guanidine groups is 1. The van der Waals surface area contributed by atoms with Gasteiger partial charge in [-0.15, -0.1) is 11.3 Å². The lowest BCUT2D eigenvalue weighted by Crippen LogP contribution is -2.41. The number of aliphatic imine (C=N–C) groups is 1. The molecule has 0 aliphatic rings. The molecule has 154 valence electrons. The SMILES string of the molecule is CCNC(=NCc1nc(C(C)C)cs1)NCC(c1ccc(OC)cc1)N(C)C. The number of nitrogens with zero attached hydrogens (tertiary/aromatic N) is 3. The standard InChI is InChI=1S/C21H33N5OS/c1-7-22-21(24-13-20-25-18(14-28-20)15(2)3)23-12-19(26(4)5)16-8-10-17(27-6)11-9-16/h8-11,14-15,19H,7,12-13H2,1-6H3,(H2,22,23,24). The molecule has 0 saturated heterocycles. The van der Waals surface area contributed by atoms with Crippen molar-refractivity contribution in [2.45, 2.75) is 39.3 Å². The third kappa shape index (κ3) is 6.49. The summed E-state index contributed by atoms with van der Waals surface area (Å²) in [6, 6.07) is 8.44. The number of benzene rings is 1. The van der Waals surface area contributed by atoms with Crippen molar-refractivity contribution in [1.29, 1.82) is 0 Å².